The molecular weight excluding hydrogens is 479 g/mol. The fourth-order valence-electron chi connectivity index (χ4n) is 3.32. The third-order valence-corrected chi connectivity index (χ3v) is 5.16. The standard InChI is InChI=1S/C24H32N4O4.2ClH/c29-23(31-19-21-7-3-1-4-8-21)27-15-11-25-13-17-28(18-14-26-12-16-27)24(30)32-20-22-9-5-2-6-10-22;;/h1-10,25-26H,11-20H2;2*1H. The van der Waals surface area contributed by atoms with Crippen molar-refractivity contribution >= 4 is 37.0 Å². The predicted octanol–water partition coefficient (Wildman–Crippen LogP) is 3.30. The van der Waals surface area contributed by atoms with Crippen LogP contribution in [0.3, 0.4) is 0 Å². The zero-order chi connectivity index (χ0) is 22.4. The van der Waals surface area contributed by atoms with Crippen molar-refractivity contribution in [1.82, 2.24) is 20.4 Å². The molecule has 2 amide bonds. The molecule has 1 heterocycles. The molecule has 8 nitrogen and oxygen atoms in total. The second-order valence-electron chi connectivity index (χ2n) is 7.55. The van der Waals surface area contributed by atoms with Crippen molar-refractivity contribution in [2.75, 3.05) is 52.4 Å². The molecule has 2 aromatic rings. The third kappa shape index (κ3) is 10.6. The summed E-state index contributed by atoms with van der Waals surface area (Å²) in [7, 11) is 0. The highest BCUT2D eigenvalue weighted by Gasteiger charge is 2.18. The molecule has 0 unspecified atom stereocenters. The monoisotopic (exact) mass is 512 g/mol. The van der Waals surface area contributed by atoms with Crippen LogP contribution in [0.4, 0.5) is 9.59 Å². The van der Waals surface area contributed by atoms with E-state index in [2.05, 4.69) is 10.6 Å². The van der Waals surface area contributed by atoms with E-state index in [1.807, 2.05) is 60.7 Å². The first-order valence-electron chi connectivity index (χ1n) is 11.0. The van der Waals surface area contributed by atoms with Crippen LogP contribution in [0, 0.1) is 0 Å². The Morgan fingerprint density at radius 3 is 1.26 bits per heavy atom. The van der Waals surface area contributed by atoms with Gasteiger partial charge in [0.1, 0.15) is 13.2 Å². The van der Waals surface area contributed by atoms with Crippen LogP contribution in [-0.4, -0.2) is 74.3 Å². The molecule has 10 heteroatoms. The van der Waals surface area contributed by atoms with E-state index in [1.54, 1.807) is 9.80 Å². The SMILES string of the molecule is Cl.Cl.O=C(OCc1ccccc1)N1CCNCCN(C(=O)OCc2ccccc2)CCNCC1. The number of nitrogens with zero attached hydrogens (tertiary/aromatic N) is 2. The van der Waals surface area contributed by atoms with Gasteiger partial charge in [0, 0.05) is 52.4 Å². The van der Waals surface area contributed by atoms with Gasteiger partial charge in [-0.25, -0.2) is 9.59 Å². The Balaban J connectivity index is 0.00000289. The summed E-state index contributed by atoms with van der Waals surface area (Å²) in [6.45, 7) is 5.14. The normalized spacial score (nSPS) is 14.9. The average molecular weight is 513 g/mol. The van der Waals surface area contributed by atoms with Crippen LogP contribution in [0.2, 0.25) is 0 Å². The molecule has 0 aliphatic carbocycles. The number of carbonyl (C=O) groups excluding carboxylic acids is 2. The maximum Gasteiger partial charge on any atom is 0.410 e. The van der Waals surface area contributed by atoms with E-state index >= 15 is 0 Å². The largest absolute Gasteiger partial charge is 0.445 e. The van der Waals surface area contributed by atoms with Gasteiger partial charge in [0.15, 0.2) is 0 Å². The van der Waals surface area contributed by atoms with Gasteiger partial charge in [-0.15, -0.1) is 24.8 Å². The van der Waals surface area contributed by atoms with Crippen molar-refractivity contribution in [2.24, 2.45) is 0 Å². The number of nitrogens with one attached hydrogen (secondary N) is 2. The molecule has 0 saturated carbocycles. The van der Waals surface area contributed by atoms with Crippen molar-refractivity contribution in [3.8, 4) is 0 Å². The van der Waals surface area contributed by atoms with Crippen LogP contribution in [0.25, 0.3) is 0 Å². The molecule has 1 saturated heterocycles. The molecule has 3 rings (SSSR count). The third-order valence-electron chi connectivity index (χ3n) is 5.16. The van der Waals surface area contributed by atoms with Gasteiger partial charge in [0.2, 0.25) is 0 Å². The second-order valence-corrected chi connectivity index (χ2v) is 7.55. The Morgan fingerprint density at radius 1 is 0.618 bits per heavy atom. The van der Waals surface area contributed by atoms with E-state index in [-0.39, 0.29) is 50.2 Å². The van der Waals surface area contributed by atoms with Crippen LogP contribution in [0.5, 0.6) is 0 Å². The first-order valence-corrected chi connectivity index (χ1v) is 11.0. The van der Waals surface area contributed by atoms with Gasteiger partial charge in [-0.1, -0.05) is 60.7 Å². The van der Waals surface area contributed by atoms with E-state index in [0.717, 1.165) is 11.1 Å². The van der Waals surface area contributed by atoms with E-state index in [0.29, 0.717) is 52.4 Å². The Labute approximate surface area is 213 Å². The minimum absolute atomic E-state index is 0. The summed E-state index contributed by atoms with van der Waals surface area (Å²) in [4.78, 5) is 28.4. The van der Waals surface area contributed by atoms with E-state index in [9.17, 15) is 9.59 Å². The van der Waals surface area contributed by atoms with Gasteiger partial charge in [-0.2, -0.15) is 0 Å². The molecule has 0 radical (unpaired) electrons. The van der Waals surface area contributed by atoms with Crippen molar-refractivity contribution in [2.45, 2.75) is 13.2 Å². The number of hydrogen-bond donors (Lipinski definition) is 2. The molecule has 1 aliphatic heterocycles. The quantitative estimate of drug-likeness (QED) is 0.653. The van der Waals surface area contributed by atoms with Crippen molar-refractivity contribution in [1.29, 1.82) is 0 Å². The first kappa shape index (κ1) is 29.5. The first-order chi connectivity index (χ1) is 15.7. The van der Waals surface area contributed by atoms with Crippen LogP contribution >= 0.6 is 24.8 Å². The van der Waals surface area contributed by atoms with Crippen LogP contribution in [-0.2, 0) is 22.7 Å². The second kappa shape index (κ2) is 17.0. The lowest BCUT2D eigenvalue weighted by Gasteiger charge is -2.26. The van der Waals surface area contributed by atoms with Crippen LogP contribution < -0.4 is 10.6 Å². The van der Waals surface area contributed by atoms with Gasteiger partial charge >= 0.3 is 12.2 Å². The molecule has 0 bridgehead atoms. The molecule has 1 aliphatic rings. The van der Waals surface area contributed by atoms with E-state index < -0.39 is 0 Å². The number of carbonyl (C=O) groups is 2. The van der Waals surface area contributed by atoms with Gasteiger partial charge in [0.25, 0.3) is 0 Å². The summed E-state index contributed by atoms with van der Waals surface area (Å²) < 4.78 is 10.9. The fourth-order valence-corrected chi connectivity index (χ4v) is 3.32. The highest BCUT2D eigenvalue weighted by Crippen LogP contribution is 2.05. The number of benzene rings is 2. The van der Waals surface area contributed by atoms with Gasteiger partial charge in [-0.05, 0) is 11.1 Å². The molecule has 2 aromatic carbocycles. The maximum atomic E-state index is 12.5. The number of hydrogen-bond acceptors (Lipinski definition) is 6. The van der Waals surface area contributed by atoms with Crippen LogP contribution in [0.15, 0.2) is 60.7 Å². The Hall–Kier alpha value is -2.52. The van der Waals surface area contributed by atoms with Crippen LogP contribution in [0.1, 0.15) is 11.1 Å². The number of ether oxygens (including phenoxy) is 2. The summed E-state index contributed by atoms with van der Waals surface area (Å²) in [6.07, 6.45) is -0.638. The fraction of sp³-hybridized carbons (Fsp3) is 0.417. The number of rotatable bonds is 4. The molecule has 0 spiro atoms. The molecule has 0 atom stereocenters. The topological polar surface area (TPSA) is 83.1 Å². The molecule has 1 fully saturated rings. The summed E-state index contributed by atoms with van der Waals surface area (Å²) >= 11 is 0. The Morgan fingerprint density at radius 2 is 0.941 bits per heavy atom. The summed E-state index contributed by atoms with van der Waals surface area (Å²) in [5.74, 6) is 0. The van der Waals surface area contributed by atoms with Crippen molar-refractivity contribution in [3.63, 3.8) is 0 Å². The van der Waals surface area contributed by atoms with E-state index in [4.69, 9.17) is 9.47 Å². The van der Waals surface area contributed by atoms with Gasteiger partial charge in [0.05, 0.1) is 0 Å². The summed E-state index contributed by atoms with van der Waals surface area (Å²) in [6, 6.07) is 19.3. The molecular formula is C24H34Cl2N4O4. The summed E-state index contributed by atoms with van der Waals surface area (Å²) in [5, 5.41) is 6.60. The molecule has 188 valence electrons. The zero-order valence-electron chi connectivity index (χ0n) is 19.2. The maximum absolute atomic E-state index is 12.5. The summed E-state index contributed by atoms with van der Waals surface area (Å²) in [5.41, 5.74) is 1.93. The lowest BCUT2D eigenvalue weighted by atomic mass is 10.2. The Bertz CT molecular complexity index is 749. The highest BCUT2D eigenvalue weighted by molar-refractivity contribution is 5.85. The zero-order valence-corrected chi connectivity index (χ0v) is 20.8. The van der Waals surface area contributed by atoms with Crippen molar-refractivity contribution < 1.29 is 19.1 Å². The van der Waals surface area contributed by atoms with Crippen molar-refractivity contribution in [3.05, 3.63) is 71.8 Å². The number of amides is 2. The lowest BCUT2D eigenvalue weighted by molar-refractivity contribution is 0.0925. The smallest absolute Gasteiger partial charge is 0.410 e. The minimum atomic E-state index is -0.319. The average Bonchev–Trinajstić information content (AvgIpc) is 2.82. The Kier molecular flexibility index (Phi) is 14.8. The molecule has 0 aromatic heterocycles. The lowest BCUT2D eigenvalue weighted by Crippen LogP contribution is -2.46. The highest BCUT2D eigenvalue weighted by atomic mass is 35.5. The van der Waals surface area contributed by atoms with Gasteiger partial charge in [-0.3, -0.25) is 0 Å². The van der Waals surface area contributed by atoms with Gasteiger partial charge < -0.3 is 29.9 Å². The predicted molar refractivity (Wildman–Crippen MR) is 137 cm³/mol. The van der Waals surface area contributed by atoms with E-state index in [1.165, 1.54) is 0 Å². The molecule has 34 heavy (non-hydrogen) atoms. The number of halogens is 2. The minimum Gasteiger partial charge on any atom is -0.445 e. The molecule has 2 N–H and O–H groups in total.